The van der Waals surface area contributed by atoms with Gasteiger partial charge in [-0.25, -0.2) is 0 Å². The van der Waals surface area contributed by atoms with Crippen LogP contribution in [0.5, 0.6) is 0 Å². The lowest BCUT2D eigenvalue weighted by molar-refractivity contribution is 0.596. The third-order valence-electron chi connectivity index (χ3n) is 3.83. The van der Waals surface area contributed by atoms with Gasteiger partial charge in [0.2, 0.25) is 0 Å². The molecule has 0 heterocycles. The summed E-state index contributed by atoms with van der Waals surface area (Å²) in [6.07, 6.45) is 2.19. The van der Waals surface area contributed by atoms with E-state index in [0.29, 0.717) is 0 Å². The normalized spacial score (nSPS) is 12.4. The molecule has 2 aromatic carbocycles. The molecule has 0 fully saturated rings. The molecule has 2 aromatic rings. The van der Waals surface area contributed by atoms with Crippen molar-refractivity contribution in [3.8, 4) is 0 Å². The molecule has 0 amide bonds. The van der Waals surface area contributed by atoms with Crippen LogP contribution in [-0.4, -0.2) is 6.54 Å². The fourth-order valence-electron chi connectivity index (χ4n) is 2.65. The zero-order valence-electron chi connectivity index (χ0n) is 13.1. The molecule has 0 aliphatic carbocycles. The van der Waals surface area contributed by atoms with Gasteiger partial charge < -0.3 is 5.32 Å². The zero-order chi connectivity index (χ0) is 15.2. The minimum atomic E-state index is 0.230. The number of nitrogens with one attached hydrogen (secondary N) is 1. The second-order valence-electron chi connectivity index (χ2n) is 5.49. The van der Waals surface area contributed by atoms with Gasteiger partial charge in [0.05, 0.1) is 6.04 Å². The quantitative estimate of drug-likeness (QED) is 0.763. The van der Waals surface area contributed by atoms with Crippen LogP contribution in [0.2, 0.25) is 5.02 Å². The smallest absolute Gasteiger partial charge is 0.0579 e. The topological polar surface area (TPSA) is 12.0 Å². The standard InChI is InChI=1S/C19H24ClN/c1-4-11-21-19(16-8-6-7-15(5-2)13-16)18-10-9-17(20)12-14(18)3/h6-10,12-13,19,21H,4-5,11H2,1-3H3. The molecule has 0 saturated heterocycles. The van der Waals surface area contributed by atoms with Crippen molar-refractivity contribution in [3.63, 3.8) is 0 Å². The maximum atomic E-state index is 6.10. The summed E-state index contributed by atoms with van der Waals surface area (Å²) in [5.74, 6) is 0. The van der Waals surface area contributed by atoms with Crippen molar-refractivity contribution in [2.24, 2.45) is 0 Å². The maximum absolute atomic E-state index is 6.10. The van der Waals surface area contributed by atoms with Gasteiger partial charge in [-0.15, -0.1) is 0 Å². The summed E-state index contributed by atoms with van der Waals surface area (Å²) in [6.45, 7) is 7.52. The molecule has 1 nitrogen and oxygen atoms in total. The summed E-state index contributed by atoms with van der Waals surface area (Å²) in [5.41, 5.74) is 5.25. The summed E-state index contributed by atoms with van der Waals surface area (Å²) in [7, 11) is 0. The van der Waals surface area contributed by atoms with Gasteiger partial charge in [-0.1, -0.05) is 55.8 Å². The molecule has 0 bridgehead atoms. The van der Waals surface area contributed by atoms with E-state index in [2.05, 4.69) is 56.4 Å². The molecule has 0 radical (unpaired) electrons. The lowest BCUT2D eigenvalue weighted by atomic mass is 9.93. The first-order chi connectivity index (χ1) is 10.2. The van der Waals surface area contributed by atoms with Gasteiger partial charge in [-0.3, -0.25) is 0 Å². The van der Waals surface area contributed by atoms with Gasteiger partial charge in [0.25, 0.3) is 0 Å². The summed E-state index contributed by atoms with van der Waals surface area (Å²) in [5, 5.41) is 4.47. The Morgan fingerprint density at radius 2 is 1.90 bits per heavy atom. The summed E-state index contributed by atoms with van der Waals surface area (Å²) in [4.78, 5) is 0. The van der Waals surface area contributed by atoms with Crippen molar-refractivity contribution in [1.82, 2.24) is 5.32 Å². The highest BCUT2D eigenvalue weighted by Gasteiger charge is 2.15. The Hall–Kier alpha value is -1.31. The second-order valence-corrected chi connectivity index (χ2v) is 5.92. The van der Waals surface area contributed by atoms with E-state index in [1.807, 2.05) is 12.1 Å². The van der Waals surface area contributed by atoms with Gasteiger partial charge in [-0.2, -0.15) is 0 Å². The van der Waals surface area contributed by atoms with Crippen LogP contribution in [-0.2, 0) is 6.42 Å². The number of benzene rings is 2. The molecule has 2 rings (SSSR count). The Kier molecular flexibility index (Phi) is 5.84. The molecule has 0 saturated carbocycles. The molecule has 0 aliphatic heterocycles. The number of hydrogen-bond donors (Lipinski definition) is 1. The predicted octanol–water partition coefficient (Wildman–Crippen LogP) is 5.30. The second kappa shape index (κ2) is 7.63. The molecule has 112 valence electrons. The number of aryl methyl sites for hydroxylation is 2. The van der Waals surface area contributed by atoms with E-state index in [4.69, 9.17) is 11.6 Å². The predicted molar refractivity (Wildman–Crippen MR) is 92.1 cm³/mol. The van der Waals surface area contributed by atoms with E-state index < -0.39 is 0 Å². The van der Waals surface area contributed by atoms with Crippen molar-refractivity contribution < 1.29 is 0 Å². The summed E-state index contributed by atoms with van der Waals surface area (Å²) >= 11 is 6.10. The molecule has 2 heteroatoms. The first-order valence-corrected chi connectivity index (χ1v) is 8.11. The molecular formula is C19H24ClN. The Labute approximate surface area is 133 Å². The molecular weight excluding hydrogens is 278 g/mol. The third-order valence-corrected chi connectivity index (χ3v) is 4.07. The Balaban J connectivity index is 2.41. The highest BCUT2D eigenvalue weighted by molar-refractivity contribution is 6.30. The lowest BCUT2D eigenvalue weighted by Gasteiger charge is -2.22. The van der Waals surface area contributed by atoms with E-state index in [-0.39, 0.29) is 6.04 Å². The average Bonchev–Trinajstić information content (AvgIpc) is 2.49. The van der Waals surface area contributed by atoms with E-state index in [0.717, 1.165) is 24.4 Å². The van der Waals surface area contributed by atoms with Crippen LogP contribution in [0.3, 0.4) is 0 Å². The van der Waals surface area contributed by atoms with Crippen molar-refractivity contribution in [2.45, 2.75) is 39.7 Å². The first-order valence-electron chi connectivity index (χ1n) is 7.74. The third kappa shape index (κ3) is 4.09. The van der Waals surface area contributed by atoms with Crippen molar-refractivity contribution in [2.75, 3.05) is 6.54 Å². The molecule has 1 unspecified atom stereocenters. The molecule has 1 N–H and O–H groups in total. The number of hydrogen-bond acceptors (Lipinski definition) is 1. The maximum Gasteiger partial charge on any atom is 0.0579 e. The molecule has 1 atom stereocenters. The van der Waals surface area contributed by atoms with Crippen LogP contribution in [0.25, 0.3) is 0 Å². The summed E-state index contributed by atoms with van der Waals surface area (Å²) < 4.78 is 0. The Bertz CT molecular complexity index is 592. The molecule has 0 aliphatic rings. The van der Waals surface area contributed by atoms with Crippen molar-refractivity contribution in [3.05, 3.63) is 69.7 Å². The fraction of sp³-hybridized carbons (Fsp3) is 0.368. The minimum absolute atomic E-state index is 0.230. The first kappa shape index (κ1) is 16.1. The number of halogens is 1. The van der Waals surface area contributed by atoms with E-state index >= 15 is 0 Å². The average molecular weight is 302 g/mol. The molecule has 21 heavy (non-hydrogen) atoms. The van der Waals surface area contributed by atoms with Gasteiger partial charge in [0.1, 0.15) is 0 Å². The van der Waals surface area contributed by atoms with Crippen LogP contribution in [0.4, 0.5) is 0 Å². The van der Waals surface area contributed by atoms with Gasteiger partial charge in [-0.05, 0) is 60.7 Å². The van der Waals surface area contributed by atoms with Crippen LogP contribution >= 0.6 is 11.6 Å². The monoisotopic (exact) mass is 301 g/mol. The van der Waals surface area contributed by atoms with E-state index in [9.17, 15) is 0 Å². The van der Waals surface area contributed by atoms with Gasteiger partial charge in [0.15, 0.2) is 0 Å². The van der Waals surface area contributed by atoms with Gasteiger partial charge in [0, 0.05) is 5.02 Å². The summed E-state index contributed by atoms with van der Waals surface area (Å²) in [6, 6.07) is 15.3. The zero-order valence-corrected chi connectivity index (χ0v) is 13.9. The van der Waals surface area contributed by atoms with E-state index in [1.54, 1.807) is 0 Å². The highest BCUT2D eigenvalue weighted by atomic mass is 35.5. The van der Waals surface area contributed by atoms with Crippen LogP contribution < -0.4 is 5.32 Å². The fourth-order valence-corrected chi connectivity index (χ4v) is 2.88. The Morgan fingerprint density at radius 1 is 1.10 bits per heavy atom. The van der Waals surface area contributed by atoms with Crippen molar-refractivity contribution >= 4 is 11.6 Å². The molecule has 0 aromatic heterocycles. The van der Waals surface area contributed by atoms with Gasteiger partial charge >= 0.3 is 0 Å². The largest absolute Gasteiger partial charge is 0.306 e. The minimum Gasteiger partial charge on any atom is -0.306 e. The van der Waals surface area contributed by atoms with Crippen molar-refractivity contribution in [1.29, 1.82) is 0 Å². The van der Waals surface area contributed by atoms with E-state index in [1.165, 1.54) is 22.3 Å². The van der Waals surface area contributed by atoms with Crippen LogP contribution in [0.15, 0.2) is 42.5 Å². The van der Waals surface area contributed by atoms with Crippen LogP contribution in [0.1, 0.15) is 48.6 Å². The Morgan fingerprint density at radius 3 is 2.57 bits per heavy atom. The van der Waals surface area contributed by atoms with Crippen LogP contribution in [0, 0.1) is 6.92 Å². The lowest BCUT2D eigenvalue weighted by Crippen LogP contribution is -2.24. The molecule has 0 spiro atoms. The highest BCUT2D eigenvalue weighted by Crippen LogP contribution is 2.27. The SMILES string of the molecule is CCCNC(c1cccc(CC)c1)c1ccc(Cl)cc1C. The number of rotatable bonds is 6.